The molecule has 0 spiro atoms. The Bertz CT molecular complexity index is 1370. The van der Waals surface area contributed by atoms with Crippen LogP contribution < -0.4 is 15.5 Å². The highest BCUT2D eigenvalue weighted by atomic mass is 19.1. The van der Waals surface area contributed by atoms with Gasteiger partial charge in [-0.15, -0.1) is 0 Å². The van der Waals surface area contributed by atoms with Crippen molar-refractivity contribution < 1.29 is 23.5 Å². The Hall–Kier alpha value is -4.27. The second-order valence-corrected chi connectivity index (χ2v) is 8.52. The molecule has 9 heteroatoms. The maximum absolute atomic E-state index is 13.4. The zero-order valence-electron chi connectivity index (χ0n) is 18.7. The van der Waals surface area contributed by atoms with Crippen LogP contribution in [0.3, 0.4) is 0 Å². The van der Waals surface area contributed by atoms with Gasteiger partial charge in [0.2, 0.25) is 5.43 Å². The molecule has 8 nitrogen and oxygen atoms in total. The van der Waals surface area contributed by atoms with Gasteiger partial charge >= 0.3 is 0 Å². The van der Waals surface area contributed by atoms with E-state index < -0.39 is 29.1 Å². The summed E-state index contributed by atoms with van der Waals surface area (Å²) in [5.41, 5.74) is 0.564. The number of rotatable bonds is 6. The van der Waals surface area contributed by atoms with Crippen molar-refractivity contribution >= 4 is 17.6 Å². The summed E-state index contributed by atoms with van der Waals surface area (Å²) >= 11 is 0. The summed E-state index contributed by atoms with van der Waals surface area (Å²) in [7, 11) is 0. The minimum Gasteiger partial charge on any atom is -0.483 e. The molecule has 1 atom stereocenters. The van der Waals surface area contributed by atoms with Crippen molar-refractivity contribution in [2.45, 2.75) is 32.2 Å². The molecule has 0 bridgehead atoms. The summed E-state index contributed by atoms with van der Waals surface area (Å²) in [6, 6.07) is 14.1. The largest absolute Gasteiger partial charge is 0.483 e. The standard InChI is InChI=1S/C26H22FN3O5/c27-18-8-6-16(7-9-18)12-28-25(33)19-13-29-14-20-21(31)10-11-30(20)26(34)22(29)24(23(19)32)35-15-17-4-2-1-3-5-17/h1-9,13,20H,10-12,14-15H2,(H,28,33). The first-order valence-corrected chi connectivity index (χ1v) is 11.2. The Balaban J connectivity index is 1.50. The minimum absolute atomic E-state index is 0.0272. The van der Waals surface area contributed by atoms with Gasteiger partial charge in [-0.2, -0.15) is 0 Å². The molecule has 5 rings (SSSR count). The number of halogens is 1. The number of carbonyl (C=O) groups is 3. The Kier molecular flexibility index (Phi) is 5.90. The molecule has 0 aliphatic carbocycles. The van der Waals surface area contributed by atoms with E-state index >= 15 is 0 Å². The Labute approximate surface area is 199 Å². The topological polar surface area (TPSA) is 97.7 Å². The third-order valence-electron chi connectivity index (χ3n) is 6.26. The molecule has 1 aromatic heterocycles. The van der Waals surface area contributed by atoms with E-state index in [1.807, 2.05) is 30.3 Å². The molecule has 0 radical (unpaired) electrons. The summed E-state index contributed by atoms with van der Waals surface area (Å²) < 4.78 is 20.5. The summed E-state index contributed by atoms with van der Waals surface area (Å²) in [5.74, 6) is -1.80. The van der Waals surface area contributed by atoms with Gasteiger partial charge in [0.05, 0.1) is 6.54 Å². The van der Waals surface area contributed by atoms with Crippen LogP contribution in [0.1, 0.15) is 38.4 Å². The van der Waals surface area contributed by atoms with E-state index in [4.69, 9.17) is 4.74 Å². The zero-order chi connectivity index (χ0) is 24.5. The lowest BCUT2D eigenvalue weighted by Crippen LogP contribution is -2.48. The van der Waals surface area contributed by atoms with Crippen LogP contribution in [0.4, 0.5) is 4.39 Å². The minimum atomic E-state index is -0.707. The van der Waals surface area contributed by atoms with E-state index in [-0.39, 0.29) is 55.5 Å². The third kappa shape index (κ3) is 4.32. The van der Waals surface area contributed by atoms with Crippen molar-refractivity contribution in [2.24, 2.45) is 0 Å². The first-order chi connectivity index (χ1) is 16.9. The Morgan fingerprint density at radius 2 is 1.77 bits per heavy atom. The van der Waals surface area contributed by atoms with Gasteiger partial charge in [-0.1, -0.05) is 42.5 Å². The fourth-order valence-electron chi connectivity index (χ4n) is 4.40. The summed E-state index contributed by atoms with van der Waals surface area (Å²) in [6.07, 6.45) is 1.56. The molecule has 178 valence electrons. The molecule has 2 aliphatic rings. The Morgan fingerprint density at radius 3 is 2.51 bits per heavy atom. The highest BCUT2D eigenvalue weighted by Gasteiger charge is 2.43. The number of benzene rings is 2. The van der Waals surface area contributed by atoms with Crippen molar-refractivity contribution in [2.75, 3.05) is 6.54 Å². The van der Waals surface area contributed by atoms with Crippen LogP contribution in [0.5, 0.6) is 5.75 Å². The molecular weight excluding hydrogens is 453 g/mol. The van der Waals surface area contributed by atoms with Gasteiger partial charge in [0.25, 0.3) is 11.8 Å². The van der Waals surface area contributed by atoms with E-state index in [0.29, 0.717) is 5.56 Å². The summed E-state index contributed by atoms with van der Waals surface area (Å²) in [4.78, 5) is 53.4. The summed E-state index contributed by atoms with van der Waals surface area (Å²) in [6.45, 7) is 0.530. The molecule has 1 unspecified atom stereocenters. The number of ketones is 1. The third-order valence-corrected chi connectivity index (χ3v) is 6.26. The number of hydrogen-bond donors (Lipinski definition) is 1. The lowest BCUT2D eigenvalue weighted by Gasteiger charge is -2.32. The molecule has 0 saturated carbocycles. The maximum atomic E-state index is 13.4. The average Bonchev–Trinajstić information content (AvgIpc) is 3.24. The molecule has 2 aromatic carbocycles. The highest BCUT2D eigenvalue weighted by molar-refractivity contribution is 6.03. The molecule has 3 heterocycles. The fourth-order valence-corrected chi connectivity index (χ4v) is 4.40. The van der Waals surface area contributed by atoms with Crippen LogP contribution >= 0.6 is 0 Å². The first kappa shape index (κ1) is 22.5. The second-order valence-electron chi connectivity index (χ2n) is 8.52. The molecular formula is C26H22FN3O5. The number of nitrogens with one attached hydrogen (secondary N) is 1. The normalized spacial score (nSPS) is 16.6. The molecule has 1 fully saturated rings. The molecule has 2 amide bonds. The number of aromatic nitrogens is 1. The van der Waals surface area contributed by atoms with Crippen LogP contribution in [0, 0.1) is 5.82 Å². The van der Waals surface area contributed by atoms with E-state index in [1.165, 1.54) is 39.9 Å². The van der Waals surface area contributed by atoms with Crippen LogP contribution in [-0.4, -0.2) is 39.7 Å². The lowest BCUT2D eigenvalue weighted by atomic mass is 10.1. The zero-order valence-corrected chi connectivity index (χ0v) is 18.7. The van der Waals surface area contributed by atoms with E-state index in [0.717, 1.165) is 5.56 Å². The van der Waals surface area contributed by atoms with Gasteiger partial charge in [-0.05, 0) is 23.3 Å². The van der Waals surface area contributed by atoms with Gasteiger partial charge in [-0.25, -0.2) is 4.39 Å². The van der Waals surface area contributed by atoms with Crippen LogP contribution in [0.15, 0.2) is 65.6 Å². The van der Waals surface area contributed by atoms with Gasteiger partial charge in [0.1, 0.15) is 24.0 Å². The predicted molar refractivity (Wildman–Crippen MR) is 123 cm³/mol. The number of ether oxygens (including phenoxy) is 1. The second kappa shape index (κ2) is 9.17. The SMILES string of the molecule is O=C(NCc1ccc(F)cc1)c1cn2c(c(OCc3ccccc3)c1=O)C(=O)N1CCC(=O)C1C2. The van der Waals surface area contributed by atoms with Gasteiger partial charge in [0.15, 0.2) is 17.2 Å². The van der Waals surface area contributed by atoms with Crippen molar-refractivity contribution in [1.29, 1.82) is 0 Å². The first-order valence-electron chi connectivity index (χ1n) is 11.2. The Morgan fingerprint density at radius 1 is 1.03 bits per heavy atom. The number of carbonyl (C=O) groups excluding carboxylic acids is 3. The fraction of sp³-hybridized carbons (Fsp3) is 0.231. The highest BCUT2D eigenvalue weighted by Crippen LogP contribution is 2.29. The quantitative estimate of drug-likeness (QED) is 0.590. The van der Waals surface area contributed by atoms with E-state index in [2.05, 4.69) is 5.32 Å². The monoisotopic (exact) mass is 475 g/mol. The number of nitrogens with zero attached hydrogens (tertiary/aromatic N) is 2. The van der Waals surface area contributed by atoms with Crippen molar-refractivity contribution in [3.8, 4) is 5.75 Å². The molecule has 1 saturated heterocycles. The molecule has 35 heavy (non-hydrogen) atoms. The maximum Gasteiger partial charge on any atom is 0.275 e. The van der Waals surface area contributed by atoms with Gasteiger partial charge in [0, 0.05) is 25.7 Å². The molecule has 2 aliphatic heterocycles. The van der Waals surface area contributed by atoms with E-state index in [9.17, 15) is 23.6 Å². The number of pyridine rings is 1. The van der Waals surface area contributed by atoms with Gasteiger partial charge < -0.3 is 19.5 Å². The average molecular weight is 475 g/mol. The van der Waals surface area contributed by atoms with Crippen molar-refractivity contribution in [3.05, 3.63) is 99.2 Å². The number of fused-ring (bicyclic) bond motifs is 2. The van der Waals surface area contributed by atoms with Crippen molar-refractivity contribution in [1.82, 2.24) is 14.8 Å². The van der Waals surface area contributed by atoms with Crippen LogP contribution in [0.2, 0.25) is 0 Å². The summed E-state index contributed by atoms with van der Waals surface area (Å²) in [5, 5.41) is 2.66. The van der Waals surface area contributed by atoms with E-state index in [1.54, 1.807) is 0 Å². The number of amides is 2. The predicted octanol–water partition coefficient (Wildman–Crippen LogP) is 2.29. The van der Waals surface area contributed by atoms with Gasteiger partial charge in [-0.3, -0.25) is 19.2 Å². The molecule has 1 N–H and O–H groups in total. The molecule has 3 aromatic rings. The smallest absolute Gasteiger partial charge is 0.275 e. The number of Topliss-reactive ketones (excluding diaryl/α,β-unsaturated/α-hetero) is 1. The van der Waals surface area contributed by atoms with Crippen LogP contribution in [0.25, 0.3) is 0 Å². The number of hydrogen-bond acceptors (Lipinski definition) is 5. The van der Waals surface area contributed by atoms with Crippen molar-refractivity contribution in [3.63, 3.8) is 0 Å². The van der Waals surface area contributed by atoms with Crippen LogP contribution in [-0.2, 0) is 24.5 Å². The lowest BCUT2D eigenvalue weighted by molar-refractivity contribution is -0.120.